The molecule has 0 spiro atoms. The van der Waals surface area contributed by atoms with E-state index in [2.05, 4.69) is 0 Å². The van der Waals surface area contributed by atoms with Gasteiger partial charge in [-0.3, -0.25) is 14.5 Å². The topological polar surface area (TPSA) is 78.0 Å². The van der Waals surface area contributed by atoms with Gasteiger partial charge in [-0.2, -0.15) is 0 Å². The number of esters is 1. The van der Waals surface area contributed by atoms with E-state index in [0.717, 1.165) is 28.0 Å². The van der Waals surface area contributed by atoms with Crippen LogP contribution in [0.15, 0.2) is 78.9 Å². The number of rotatable bonds is 7. The van der Waals surface area contributed by atoms with Crippen molar-refractivity contribution < 1.29 is 28.2 Å². The second kappa shape index (κ2) is 10.7. The molecule has 5 rings (SSSR count). The summed E-state index contributed by atoms with van der Waals surface area (Å²) < 4.78 is 29.6. The predicted molar refractivity (Wildman–Crippen MR) is 142 cm³/mol. The van der Waals surface area contributed by atoms with Crippen molar-refractivity contribution in [1.29, 1.82) is 0 Å². The minimum absolute atomic E-state index is 0.161. The summed E-state index contributed by atoms with van der Waals surface area (Å²) >= 11 is 0. The van der Waals surface area contributed by atoms with E-state index in [0.29, 0.717) is 22.8 Å². The number of halogens is 1. The molecule has 1 aliphatic rings. The van der Waals surface area contributed by atoms with Gasteiger partial charge in [-0.25, -0.2) is 9.37 Å². The number of methoxy groups -OCH3 is 1. The number of carbonyl (C=O) groups is 2. The maximum Gasteiger partial charge on any atom is 0.326 e. The summed E-state index contributed by atoms with van der Waals surface area (Å²) in [4.78, 5) is 31.1. The van der Waals surface area contributed by atoms with Crippen LogP contribution in [-0.4, -0.2) is 43.7 Å². The van der Waals surface area contributed by atoms with Crippen LogP contribution in [0.3, 0.4) is 0 Å². The molecule has 0 saturated carbocycles. The van der Waals surface area contributed by atoms with E-state index < -0.39 is 5.97 Å². The normalized spacial score (nSPS) is 12.5. The average Bonchev–Trinajstić information content (AvgIpc) is 2.94. The number of hydrogen-bond acceptors (Lipinski definition) is 6. The van der Waals surface area contributed by atoms with Gasteiger partial charge in [0, 0.05) is 11.1 Å². The van der Waals surface area contributed by atoms with Crippen molar-refractivity contribution in [3.8, 4) is 45.1 Å². The van der Waals surface area contributed by atoms with Crippen molar-refractivity contribution in [1.82, 2.24) is 4.98 Å². The molecule has 4 aromatic rings. The van der Waals surface area contributed by atoms with Gasteiger partial charge in [-0.1, -0.05) is 12.1 Å². The first-order valence-electron chi connectivity index (χ1n) is 12.1. The molecule has 0 N–H and O–H groups in total. The highest BCUT2D eigenvalue weighted by molar-refractivity contribution is 6.02. The third kappa shape index (κ3) is 5.20. The van der Waals surface area contributed by atoms with Crippen LogP contribution in [0.2, 0.25) is 0 Å². The minimum atomic E-state index is -0.502. The summed E-state index contributed by atoms with van der Waals surface area (Å²) in [5, 5.41) is 0. The Morgan fingerprint density at radius 3 is 2.26 bits per heavy atom. The van der Waals surface area contributed by atoms with Crippen LogP contribution in [-0.2, 0) is 14.3 Å². The molecule has 0 aliphatic carbocycles. The quantitative estimate of drug-likeness (QED) is 0.304. The molecule has 0 fully saturated rings. The van der Waals surface area contributed by atoms with Gasteiger partial charge in [0.25, 0.3) is 5.91 Å². The first-order chi connectivity index (χ1) is 18.4. The summed E-state index contributed by atoms with van der Waals surface area (Å²) in [6, 6.07) is 23.1. The standard InChI is InChI=1S/C30H25FN2O5/c1-3-37-30(35)17-33-27-16-21(8-13-28(27)38-18-29(33)34)26-15-22(19-6-11-24(36-2)12-7-19)14-25(32-26)20-4-9-23(31)10-5-20/h4-16H,3,17-18H2,1-2H3. The molecule has 1 aliphatic heterocycles. The molecule has 0 atom stereocenters. The molecule has 7 nitrogen and oxygen atoms in total. The number of nitrogens with zero attached hydrogens (tertiary/aromatic N) is 2. The van der Waals surface area contributed by atoms with Gasteiger partial charge in [0.15, 0.2) is 6.61 Å². The largest absolute Gasteiger partial charge is 0.497 e. The SMILES string of the molecule is CCOC(=O)CN1C(=O)COc2ccc(-c3cc(-c4ccc(OC)cc4)cc(-c4ccc(F)cc4)n3)cc21. The van der Waals surface area contributed by atoms with Crippen LogP contribution in [0.25, 0.3) is 33.6 Å². The number of amides is 1. The fourth-order valence-corrected chi connectivity index (χ4v) is 4.27. The van der Waals surface area contributed by atoms with Gasteiger partial charge in [0.2, 0.25) is 0 Å². The van der Waals surface area contributed by atoms with Crippen LogP contribution in [0.5, 0.6) is 11.5 Å². The van der Waals surface area contributed by atoms with Gasteiger partial charge in [0.1, 0.15) is 23.9 Å². The minimum Gasteiger partial charge on any atom is -0.497 e. The number of benzene rings is 3. The number of anilines is 1. The Balaban J connectivity index is 1.61. The van der Waals surface area contributed by atoms with Crippen molar-refractivity contribution in [3.05, 3.63) is 84.7 Å². The summed E-state index contributed by atoms with van der Waals surface area (Å²) in [5.41, 5.74) is 5.06. The van der Waals surface area contributed by atoms with E-state index in [1.54, 1.807) is 38.3 Å². The lowest BCUT2D eigenvalue weighted by atomic mass is 9.99. The molecule has 1 aromatic heterocycles. The second-order valence-corrected chi connectivity index (χ2v) is 8.62. The smallest absolute Gasteiger partial charge is 0.326 e. The van der Waals surface area contributed by atoms with Crippen molar-refractivity contribution in [2.75, 3.05) is 31.8 Å². The molecule has 192 valence electrons. The van der Waals surface area contributed by atoms with E-state index in [4.69, 9.17) is 19.2 Å². The lowest BCUT2D eigenvalue weighted by Crippen LogP contribution is -2.42. The molecule has 8 heteroatoms. The Kier molecular flexibility index (Phi) is 7.04. The summed E-state index contributed by atoms with van der Waals surface area (Å²) in [6.07, 6.45) is 0. The Bertz CT molecular complexity index is 1490. The molecule has 0 bridgehead atoms. The van der Waals surface area contributed by atoms with Crippen molar-refractivity contribution in [2.24, 2.45) is 0 Å². The molecular weight excluding hydrogens is 487 g/mol. The van der Waals surface area contributed by atoms with E-state index in [-0.39, 0.29) is 31.5 Å². The number of ether oxygens (including phenoxy) is 3. The van der Waals surface area contributed by atoms with Gasteiger partial charge in [0.05, 0.1) is 30.8 Å². The number of hydrogen-bond donors (Lipinski definition) is 0. The summed E-state index contributed by atoms with van der Waals surface area (Å²) in [7, 11) is 1.61. The predicted octanol–water partition coefficient (Wildman–Crippen LogP) is 5.52. The van der Waals surface area contributed by atoms with Crippen molar-refractivity contribution >= 4 is 17.6 Å². The Morgan fingerprint density at radius 1 is 0.921 bits per heavy atom. The Morgan fingerprint density at radius 2 is 1.58 bits per heavy atom. The van der Waals surface area contributed by atoms with Crippen LogP contribution < -0.4 is 14.4 Å². The fraction of sp³-hybridized carbons (Fsp3) is 0.167. The Hall–Kier alpha value is -4.72. The van der Waals surface area contributed by atoms with Gasteiger partial charge < -0.3 is 14.2 Å². The highest BCUT2D eigenvalue weighted by atomic mass is 19.1. The average molecular weight is 513 g/mol. The first-order valence-corrected chi connectivity index (χ1v) is 12.1. The van der Waals surface area contributed by atoms with Crippen LogP contribution in [0, 0.1) is 5.82 Å². The maximum absolute atomic E-state index is 13.6. The molecule has 0 radical (unpaired) electrons. The van der Waals surface area contributed by atoms with E-state index in [1.807, 2.05) is 42.5 Å². The molecule has 1 amide bonds. The second-order valence-electron chi connectivity index (χ2n) is 8.62. The van der Waals surface area contributed by atoms with Crippen LogP contribution in [0.4, 0.5) is 10.1 Å². The molecule has 3 aromatic carbocycles. The zero-order valence-corrected chi connectivity index (χ0v) is 20.9. The summed E-state index contributed by atoms with van der Waals surface area (Å²) in [6.45, 7) is 1.56. The van der Waals surface area contributed by atoms with Crippen molar-refractivity contribution in [2.45, 2.75) is 6.92 Å². The lowest BCUT2D eigenvalue weighted by Gasteiger charge is -2.29. The summed E-state index contributed by atoms with van der Waals surface area (Å²) in [5.74, 6) is 0.0545. The first kappa shape index (κ1) is 25.0. The molecule has 2 heterocycles. The highest BCUT2D eigenvalue weighted by Gasteiger charge is 2.28. The van der Waals surface area contributed by atoms with Crippen molar-refractivity contribution in [3.63, 3.8) is 0 Å². The van der Waals surface area contributed by atoms with Crippen LogP contribution >= 0.6 is 0 Å². The molecular formula is C30H25FN2O5. The molecule has 38 heavy (non-hydrogen) atoms. The number of pyridine rings is 1. The lowest BCUT2D eigenvalue weighted by molar-refractivity contribution is -0.142. The van der Waals surface area contributed by atoms with Gasteiger partial charge >= 0.3 is 5.97 Å². The van der Waals surface area contributed by atoms with E-state index in [9.17, 15) is 14.0 Å². The van der Waals surface area contributed by atoms with Crippen LogP contribution in [0.1, 0.15) is 6.92 Å². The highest BCUT2D eigenvalue weighted by Crippen LogP contribution is 2.37. The van der Waals surface area contributed by atoms with E-state index >= 15 is 0 Å². The monoisotopic (exact) mass is 512 g/mol. The van der Waals surface area contributed by atoms with Gasteiger partial charge in [-0.05, 0) is 84.8 Å². The number of fused-ring (bicyclic) bond motifs is 1. The third-order valence-electron chi connectivity index (χ3n) is 6.18. The zero-order chi connectivity index (χ0) is 26.6. The zero-order valence-electron chi connectivity index (χ0n) is 20.9. The molecule has 0 saturated heterocycles. The van der Waals surface area contributed by atoms with Gasteiger partial charge in [-0.15, -0.1) is 0 Å². The number of carbonyl (C=O) groups excluding carboxylic acids is 2. The Labute approximate surface area is 219 Å². The number of aromatic nitrogens is 1. The maximum atomic E-state index is 13.6. The van der Waals surface area contributed by atoms with E-state index in [1.165, 1.54) is 17.0 Å². The molecule has 0 unspecified atom stereocenters. The fourth-order valence-electron chi connectivity index (χ4n) is 4.27. The third-order valence-corrected chi connectivity index (χ3v) is 6.18.